The number of aliphatic hydroxyl groups is 1. The summed E-state index contributed by atoms with van der Waals surface area (Å²) in [6, 6.07) is 0. The molecule has 6 heteroatoms. The second-order valence-corrected chi connectivity index (χ2v) is 17.6. The van der Waals surface area contributed by atoms with Gasteiger partial charge >= 0.3 is 5.97 Å². The Bertz CT molecular complexity index is 733. The van der Waals surface area contributed by atoms with E-state index in [4.69, 9.17) is 14.2 Å². The van der Waals surface area contributed by atoms with Crippen molar-refractivity contribution in [3.8, 4) is 0 Å². The van der Waals surface area contributed by atoms with E-state index in [1.165, 1.54) is 0 Å². The summed E-state index contributed by atoms with van der Waals surface area (Å²) in [5, 5.41) is 11.7. The average molecular weight is 480 g/mol. The predicted octanol–water partition coefficient (Wildman–Crippen LogP) is 6.17. The van der Waals surface area contributed by atoms with E-state index in [1.54, 1.807) is 0 Å². The molecule has 0 aromatic carbocycles. The number of aliphatic hydroxyl groups excluding tert-OH is 1. The largest absolute Gasteiger partial charge is 0.465 e. The first kappa shape index (κ1) is 28.3. The number of aliphatic imine (C=N–C) groups is 1. The quantitative estimate of drug-likeness (QED) is 0.257. The van der Waals surface area contributed by atoms with E-state index in [-0.39, 0.29) is 28.9 Å². The standard InChI is InChI=1S/C27H49NO4Si/c1-11-15-27(21-13-12-16-28-21)20(14-17-31-24(30)25(3,4)5)23(19(2)18-22(27)29)32-33(9,10)26(6,7)8/h11,19-20,22-23,29H,1,12-18H2,2-10H3/t19-,20+,22-,23-,27-/m0/s1. The number of esters is 1. The number of carbonyl (C=O) groups excluding carboxylic acids is 1. The van der Waals surface area contributed by atoms with Crippen LogP contribution < -0.4 is 0 Å². The Hall–Kier alpha value is -0.983. The van der Waals surface area contributed by atoms with Crippen LogP contribution in [0.25, 0.3) is 0 Å². The molecule has 2 aliphatic rings. The minimum atomic E-state index is -2.07. The Morgan fingerprint density at radius 1 is 1.27 bits per heavy atom. The molecule has 5 nitrogen and oxygen atoms in total. The molecule has 190 valence electrons. The van der Waals surface area contributed by atoms with Crippen LogP contribution in [0.2, 0.25) is 18.1 Å². The third-order valence-electron chi connectivity index (χ3n) is 8.21. The van der Waals surface area contributed by atoms with Crippen molar-refractivity contribution in [2.24, 2.45) is 27.7 Å². The first-order valence-electron chi connectivity index (χ1n) is 12.8. The molecule has 33 heavy (non-hydrogen) atoms. The average Bonchev–Trinajstić information content (AvgIpc) is 3.20. The highest BCUT2D eigenvalue weighted by Gasteiger charge is 2.57. The molecule has 1 aliphatic carbocycles. The minimum absolute atomic E-state index is 0.00740. The molecule has 0 unspecified atom stereocenters. The zero-order valence-corrected chi connectivity index (χ0v) is 23.7. The van der Waals surface area contributed by atoms with Crippen molar-refractivity contribution < 1.29 is 19.1 Å². The zero-order chi connectivity index (χ0) is 25.2. The van der Waals surface area contributed by atoms with Crippen LogP contribution in [0.15, 0.2) is 17.6 Å². The van der Waals surface area contributed by atoms with Gasteiger partial charge in [0.1, 0.15) is 0 Å². The van der Waals surface area contributed by atoms with Crippen LogP contribution in [0.5, 0.6) is 0 Å². The lowest BCUT2D eigenvalue weighted by Gasteiger charge is -2.55. The molecule has 5 atom stereocenters. The Morgan fingerprint density at radius 2 is 1.91 bits per heavy atom. The highest BCUT2D eigenvalue weighted by molar-refractivity contribution is 6.74. The van der Waals surface area contributed by atoms with Crippen molar-refractivity contribution in [1.82, 2.24) is 0 Å². The summed E-state index contributed by atoms with van der Waals surface area (Å²) < 4.78 is 12.8. The SMILES string of the molecule is C=CC[C@@]1(C2=NCCC2)[C@H](CCOC(=O)C(C)(C)C)[C@@H](O[Si](C)(C)C(C)(C)C)[C@@H](C)C[C@@H]1O. The van der Waals surface area contributed by atoms with Gasteiger partial charge in [0, 0.05) is 23.6 Å². The molecule has 1 aliphatic heterocycles. The second kappa shape index (κ2) is 10.3. The third kappa shape index (κ3) is 5.99. The lowest BCUT2D eigenvalue weighted by atomic mass is 9.55. The van der Waals surface area contributed by atoms with Gasteiger partial charge in [-0.15, -0.1) is 6.58 Å². The van der Waals surface area contributed by atoms with Crippen LogP contribution in [-0.2, 0) is 14.0 Å². The van der Waals surface area contributed by atoms with Crippen LogP contribution in [0.1, 0.15) is 80.6 Å². The first-order valence-corrected chi connectivity index (χ1v) is 15.7. The van der Waals surface area contributed by atoms with Gasteiger partial charge in [-0.2, -0.15) is 0 Å². The smallest absolute Gasteiger partial charge is 0.311 e. The van der Waals surface area contributed by atoms with E-state index in [1.807, 2.05) is 26.8 Å². The summed E-state index contributed by atoms with van der Waals surface area (Å²) in [6.07, 6.45) is 5.32. The maximum absolute atomic E-state index is 12.5. The molecule has 0 amide bonds. The third-order valence-corrected chi connectivity index (χ3v) is 12.7. The Balaban J connectivity index is 2.48. The van der Waals surface area contributed by atoms with E-state index < -0.39 is 25.3 Å². The zero-order valence-electron chi connectivity index (χ0n) is 22.7. The number of hydrogen-bond donors (Lipinski definition) is 1. The van der Waals surface area contributed by atoms with Crippen molar-refractivity contribution in [3.05, 3.63) is 12.7 Å². The number of rotatable bonds is 8. The molecule has 1 saturated carbocycles. The van der Waals surface area contributed by atoms with Gasteiger partial charge in [0.25, 0.3) is 0 Å². The molecule has 0 bridgehead atoms. The fourth-order valence-electron chi connectivity index (χ4n) is 5.24. The number of allylic oxidation sites excluding steroid dienone is 1. The molecule has 0 spiro atoms. The van der Waals surface area contributed by atoms with Crippen LogP contribution in [0.3, 0.4) is 0 Å². The lowest BCUT2D eigenvalue weighted by molar-refractivity contribution is -0.155. The first-order chi connectivity index (χ1) is 15.1. The van der Waals surface area contributed by atoms with Crippen LogP contribution in [0.4, 0.5) is 0 Å². The number of ether oxygens (including phenoxy) is 1. The van der Waals surface area contributed by atoms with Crippen molar-refractivity contribution in [2.45, 2.75) is 111 Å². The Kier molecular flexibility index (Phi) is 8.84. The van der Waals surface area contributed by atoms with Gasteiger partial charge in [-0.05, 0) is 76.9 Å². The molecule has 0 aromatic rings. The summed E-state index contributed by atoms with van der Waals surface area (Å²) >= 11 is 0. The molecular weight excluding hydrogens is 430 g/mol. The van der Waals surface area contributed by atoms with Crippen molar-refractivity contribution in [2.75, 3.05) is 13.2 Å². The van der Waals surface area contributed by atoms with Crippen molar-refractivity contribution in [3.63, 3.8) is 0 Å². The Morgan fingerprint density at radius 3 is 2.39 bits per heavy atom. The van der Waals surface area contributed by atoms with Crippen molar-refractivity contribution >= 4 is 20.0 Å². The van der Waals surface area contributed by atoms with Gasteiger partial charge in [-0.25, -0.2) is 0 Å². The monoisotopic (exact) mass is 479 g/mol. The maximum atomic E-state index is 12.5. The van der Waals surface area contributed by atoms with Gasteiger partial charge in [0.2, 0.25) is 0 Å². The van der Waals surface area contributed by atoms with E-state index >= 15 is 0 Å². The highest BCUT2D eigenvalue weighted by atomic mass is 28.4. The molecule has 0 aromatic heterocycles. The second-order valence-electron chi connectivity index (χ2n) is 12.8. The summed E-state index contributed by atoms with van der Waals surface area (Å²) in [4.78, 5) is 17.4. The molecular formula is C27H49NO4Si. The Labute approximate surface area is 203 Å². The normalized spacial score (nSPS) is 31.3. The molecule has 1 heterocycles. The highest BCUT2D eigenvalue weighted by Crippen LogP contribution is 2.53. The van der Waals surface area contributed by atoms with Gasteiger partial charge in [0.15, 0.2) is 8.32 Å². The van der Waals surface area contributed by atoms with Gasteiger partial charge in [0.05, 0.1) is 24.2 Å². The molecule has 0 radical (unpaired) electrons. The fraction of sp³-hybridized carbons (Fsp3) is 0.852. The minimum Gasteiger partial charge on any atom is -0.465 e. The number of nitrogens with zero attached hydrogens (tertiary/aromatic N) is 1. The van der Waals surface area contributed by atoms with Crippen LogP contribution in [-0.4, -0.2) is 50.5 Å². The predicted molar refractivity (Wildman–Crippen MR) is 139 cm³/mol. The molecule has 0 saturated heterocycles. The van der Waals surface area contributed by atoms with E-state index in [9.17, 15) is 9.90 Å². The summed E-state index contributed by atoms with van der Waals surface area (Å²) in [5.41, 5.74) is 0.0635. The molecule has 1 fully saturated rings. The number of hydrogen-bond acceptors (Lipinski definition) is 5. The van der Waals surface area contributed by atoms with Gasteiger partial charge < -0.3 is 14.3 Å². The number of carbonyl (C=O) groups is 1. The summed E-state index contributed by atoms with van der Waals surface area (Å²) in [5.74, 6) is 0.0201. The van der Waals surface area contributed by atoms with Gasteiger partial charge in [-0.1, -0.05) is 33.8 Å². The van der Waals surface area contributed by atoms with Crippen molar-refractivity contribution in [1.29, 1.82) is 0 Å². The van der Waals surface area contributed by atoms with Gasteiger partial charge in [-0.3, -0.25) is 9.79 Å². The van der Waals surface area contributed by atoms with E-state index in [2.05, 4.69) is 47.4 Å². The lowest BCUT2D eigenvalue weighted by Crippen LogP contribution is -2.61. The van der Waals surface area contributed by atoms with E-state index in [0.29, 0.717) is 25.9 Å². The summed E-state index contributed by atoms with van der Waals surface area (Å²) in [6.45, 7) is 24.4. The maximum Gasteiger partial charge on any atom is 0.311 e. The fourth-order valence-corrected chi connectivity index (χ4v) is 6.67. The van der Waals surface area contributed by atoms with Crippen LogP contribution >= 0.6 is 0 Å². The molecule has 2 rings (SSSR count). The summed E-state index contributed by atoms with van der Waals surface area (Å²) in [7, 11) is -2.07. The molecule has 1 N–H and O–H groups in total. The van der Waals surface area contributed by atoms with E-state index in [0.717, 1.165) is 25.1 Å². The topological polar surface area (TPSA) is 68.1 Å². The van der Waals surface area contributed by atoms with Crippen LogP contribution in [0, 0.1) is 22.7 Å².